The molecule has 2 atom stereocenters. The van der Waals surface area contributed by atoms with Crippen LogP contribution in [0.3, 0.4) is 0 Å². The minimum Gasteiger partial charge on any atom is -0.454 e. The molecule has 4 aromatic rings. The summed E-state index contributed by atoms with van der Waals surface area (Å²) in [7, 11) is 0. The molecule has 2 aliphatic rings. The van der Waals surface area contributed by atoms with E-state index < -0.39 is 5.41 Å². The molecule has 1 amide bonds. The van der Waals surface area contributed by atoms with E-state index in [1.165, 1.54) is 0 Å². The summed E-state index contributed by atoms with van der Waals surface area (Å²) < 4.78 is 10.9. The summed E-state index contributed by atoms with van der Waals surface area (Å²) >= 11 is 0. The second-order valence-electron chi connectivity index (χ2n) is 8.55. The lowest BCUT2D eigenvalue weighted by Crippen LogP contribution is -2.30. The summed E-state index contributed by atoms with van der Waals surface area (Å²) in [6.45, 7) is 2.27. The maximum absolute atomic E-state index is 12.7. The first kappa shape index (κ1) is 19.5. The fourth-order valence-corrected chi connectivity index (χ4v) is 4.85. The van der Waals surface area contributed by atoms with Gasteiger partial charge < -0.3 is 15.2 Å². The Kier molecular flexibility index (Phi) is 4.23. The highest BCUT2D eigenvalue weighted by Gasteiger charge is 2.61. The lowest BCUT2D eigenvalue weighted by molar-refractivity contribution is -0.120. The van der Waals surface area contributed by atoms with E-state index in [2.05, 4.69) is 51.8 Å². The molecule has 1 aliphatic heterocycles. The van der Waals surface area contributed by atoms with Crippen LogP contribution in [0.25, 0.3) is 22.5 Å². The summed E-state index contributed by atoms with van der Waals surface area (Å²) in [5.41, 5.74) is 11.3. The van der Waals surface area contributed by atoms with Gasteiger partial charge in [0.1, 0.15) is 0 Å². The van der Waals surface area contributed by atoms with Crippen molar-refractivity contribution in [3.05, 3.63) is 77.4 Å². The SMILES string of the molecule is Cc1ccc(C2CC2(C(N)=O)c2ccc3c(c2)OCO3)cc1-c1cccc(-c2nn[nH]n2)c1. The first-order valence-electron chi connectivity index (χ1n) is 10.7. The van der Waals surface area contributed by atoms with Crippen molar-refractivity contribution in [1.82, 2.24) is 20.6 Å². The average Bonchev–Trinajstić information content (AvgIpc) is 3.15. The second-order valence-corrected chi connectivity index (χ2v) is 8.55. The molecule has 164 valence electrons. The highest BCUT2D eigenvalue weighted by Crippen LogP contribution is 2.61. The number of nitrogens with one attached hydrogen (secondary N) is 1. The van der Waals surface area contributed by atoms with Gasteiger partial charge in [-0.1, -0.05) is 42.5 Å². The van der Waals surface area contributed by atoms with Crippen LogP contribution in [-0.4, -0.2) is 33.3 Å². The molecule has 0 spiro atoms. The zero-order chi connectivity index (χ0) is 22.6. The quantitative estimate of drug-likeness (QED) is 0.492. The van der Waals surface area contributed by atoms with E-state index in [9.17, 15) is 4.79 Å². The number of carbonyl (C=O) groups is 1. The summed E-state index contributed by atoms with van der Waals surface area (Å²) in [4.78, 5) is 12.7. The molecule has 1 fully saturated rings. The van der Waals surface area contributed by atoms with Crippen LogP contribution in [0.5, 0.6) is 11.5 Å². The number of primary amides is 1. The molecule has 3 aromatic carbocycles. The van der Waals surface area contributed by atoms with Gasteiger partial charge >= 0.3 is 0 Å². The molecule has 1 aromatic heterocycles. The molecule has 0 bridgehead atoms. The zero-order valence-electron chi connectivity index (χ0n) is 17.9. The normalized spacial score (nSPS) is 20.6. The summed E-state index contributed by atoms with van der Waals surface area (Å²) in [6, 6.07) is 20.0. The van der Waals surface area contributed by atoms with Gasteiger partial charge in [0.15, 0.2) is 11.5 Å². The van der Waals surface area contributed by atoms with Gasteiger partial charge in [0, 0.05) is 11.5 Å². The number of ether oxygens (including phenoxy) is 2. The molecule has 3 N–H and O–H groups in total. The van der Waals surface area contributed by atoms with Crippen molar-refractivity contribution < 1.29 is 14.3 Å². The van der Waals surface area contributed by atoms with Crippen LogP contribution in [-0.2, 0) is 10.2 Å². The topological polar surface area (TPSA) is 116 Å². The lowest BCUT2D eigenvalue weighted by Gasteiger charge is -2.16. The number of aromatic amines is 1. The Hall–Kier alpha value is -4.20. The molecule has 8 nitrogen and oxygen atoms in total. The van der Waals surface area contributed by atoms with Crippen molar-refractivity contribution >= 4 is 5.91 Å². The number of amides is 1. The third-order valence-electron chi connectivity index (χ3n) is 6.73. The van der Waals surface area contributed by atoms with E-state index in [0.29, 0.717) is 23.7 Å². The van der Waals surface area contributed by atoms with Gasteiger partial charge in [-0.25, -0.2) is 0 Å². The number of hydrogen-bond acceptors (Lipinski definition) is 6. The third-order valence-corrected chi connectivity index (χ3v) is 6.73. The summed E-state index contributed by atoms with van der Waals surface area (Å²) in [5, 5.41) is 14.3. The first-order valence-corrected chi connectivity index (χ1v) is 10.7. The minimum absolute atomic E-state index is 0.00453. The van der Waals surface area contributed by atoms with E-state index in [0.717, 1.165) is 33.4 Å². The number of nitrogens with two attached hydrogens (primary N) is 1. The van der Waals surface area contributed by atoms with Crippen LogP contribution in [0.1, 0.15) is 29.0 Å². The van der Waals surface area contributed by atoms with Crippen molar-refractivity contribution in [1.29, 1.82) is 0 Å². The van der Waals surface area contributed by atoms with Crippen molar-refractivity contribution in [2.24, 2.45) is 5.73 Å². The van der Waals surface area contributed by atoms with Crippen molar-refractivity contribution in [3.8, 4) is 34.0 Å². The van der Waals surface area contributed by atoms with Crippen LogP contribution < -0.4 is 15.2 Å². The molecule has 8 heteroatoms. The van der Waals surface area contributed by atoms with E-state index in [-0.39, 0.29) is 18.6 Å². The molecular formula is C25H21N5O3. The number of rotatable bonds is 5. The maximum Gasteiger partial charge on any atom is 0.231 e. The molecule has 1 aliphatic carbocycles. The molecule has 2 heterocycles. The largest absolute Gasteiger partial charge is 0.454 e. The molecule has 0 saturated heterocycles. The number of tetrazole rings is 1. The Morgan fingerprint density at radius 1 is 1.06 bits per heavy atom. The highest BCUT2D eigenvalue weighted by molar-refractivity contribution is 5.93. The molecule has 6 rings (SSSR count). The Morgan fingerprint density at radius 3 is 2.73 bits per heavy atom. The predicted octanol–water partition coefficient (Wildman–Crippen LogP) is 3.48. The van der Waals surface area contributed by atoms with Gasteiger partial charge in [-0.2, -0.15) is 5.21 Å². The number of carbonyl (C=O) groups excluding carboxylic acids is 1. The second kappa shape index (κ2) is 7.16. The Labute approximate surface area is 189 Å². The van der Waals surface area contributed by atoms with Gasteiger partial charge in [0.05, 0.1) is 5.41 Å². The van der Waals surface area contributed by atoms with E-state index >= 15 is 0 Å². The standard InChI is InChI=1S/C25H21N5O3/c1-14-5-6-16(10-19(14)15-3-2-4-17(9-15)23-27-29-30-28-23)20-12-25(20,24(26)31)18-7-8-21-22(11-18)33-13-32-21/h2-11,20H,12-13H2,1H3,(H2,26,31)(H,27,28,29,30). The third kappa shape index (κ3) is 3.06. The fourth-order valence-electron chi connectivity index (χ4n) is 4.85. The van der Waals surface area contributed by atoms with Crippen molar-refractivity contribution in [3.63, 3.8) is 0 Å². The van der Waals surface area contributed by atoms with Gasteiger partial charge in [0.2, 0.25) is 18.5 Å². The molecule has 0 radical (unpaired) electrons. The van der Waals surface area contributed by atoms with Crippen LogP contribution in [0, 0.1) is 6.92 Å². The number of H-pyrrole nitrogens is 1. The van der Waals surface area contributed by atoms with Crippen LogP contribution in [0.2, 0.25) is 0 Å². The lowest BCUT2D eigenvalue weighted by atomic mass is 9.88. The zero-order valence-corrected chi connectivity index (χ0v) is 17.9. The Balaban J connectivity index is 1.38. The molecular weight excluding hydrogens is 418 g/mol. The van der Waals surface area contributed by atoms with Crippen molar-refractivity contribution in [2.75, 3.05) is 6.79 Å². The first-order chi connectivity index (χ1) is 16.1. The summed E-state index contributed by atoms with van der Waals surface area (Å²) in [5.74, 6) is 1.56. The number of fused-ring (bicyclic) bond motifs is 1. The minimum atomic E-state index is -0.750. The Morgan fingerprint density at radius 2 is 1.91 bits per heavy atom. The van der Waals surface area contributed by atoms with Crippen LogP contribution in [0.15, 0.2) is 60.7 Å². The maximum atomic E-state index is 12.7. The van der Waals surface area contributed by atoms with E-state index in [1.807, 2.05) is 36.4 Å². The van der Waals surface area contributed by atoms with Crippen LogP contribution >= 0.6 is 0 Å². The smallest absolute Gasteiger partial charge is 0.231 e. The van der Waals surface area contributed by atoms with Gasteiger partial charge in [-0.05, 0) is 64.6 Å². The predicted molar refractivity (Wildman–Crippen MR) is 121 cm³/mol. The van der Waals surface area contributed by atoms with Gasteiger partial charge in [-0.15, -0.1) is 10.2 Å². The van der Waals surface area contributed by atoms with Crippen LogP contribution in [0.4, 0.5) is 0 Å². The molecule has 1 saturated carbocycles. The number of aromatic nitrogens is 4. The highest BCUT2D eigenvalue weighted by atomic mass is 16.7. The molecule has 33 heavy (non-hydrogen) atoms. The van der Waals surface area contributed by atoms with Gasteiger partial charge in [-0.3, -0.25) is 4.79 Å². The summed E-state index contributed by atoms with van der Waals surface area (Å²) in [6.07, 6.45) is 0.660. The van der Waals surface area contributed by atoms with Gasteiger partial charge in [0.25, 0.3) is 0 Å². The molecule has 2 unspecified atom stereocenters. The van der Waals surface area contributed by atoms with E-state index in [4.69, 9.17) is 15.2 Å². The fraction of sp³-hybridized carbons (Fsp3) is 0.200. The average molecular weight is 439 g/mol. The van der Waals surface area contributed by atoms with E-state index in [1.54, 1.807) is 0 Å². The Bertz CT molecular complexity index is 1380. The number of nitrogens with zero attached hydrogens (tertiary/aromatic N) is 3. The monoisotopic (exact) mass is 439 g/mol. The van der Waals surface area contributed by atoms with Crippen molar-refractivity contribution in [2.45, 2.75) is 24.7 Å². The number of aryl methyl sites for hydroxylation is 1. The number of benzene rings is 3. The number of hydrogen-bond donors (Lipinski definition) is 2.